The molecule has 30 heavy (non-hydrogen) atoms. The Bertz CT molecular complexity index is 1420. The highest BCUT2D eigenvalue weighted by atomic mass is 16.2. The Morgan fingerprint density at radius 3 is 2.37 bits per heavy atom. The molecule has 4 aromatic rings. The van der Waals surface area contributed by atoms with Crippen LogP contribution in [0.15, 0.2) is 70.4 Å². The van der Waals surface area contributed by atoms with Crippen molar-refractivity contribution in [3.05, 3.63) is 104 Å². The molecule has 2 aromatic heterocycles. The van der Waals surface area contributed by atoms with Crippen LogP contribution in [0.2, 0.25) is 0 Å². The Hall–Kier alpha value is -4.18. The topological polar surface area (TPSA) is 66.2 Å². The SMILES string of the molecule is [C-]#[N+]c1ccc(-n2nccc2-c2c(C)n(-c3cccc(C)c3)c(=O)n(C)c2=O)cc1. The van der Waals surface area contributed by atoms with Crippen molar-refractivity contribution < 1.29 is 0 Å². The molecule has 0 saturated heterocycles. The number of hydrogen-bond acceptors (Lipinski definition) is 3. The Kier molecular flexibility index (Phi) is 4.68. The molecule has 4 rings (SSSR count). The molecule has 0 bridgehead atoms. The predicted octanol–water partition coefficient (Wildman–Crippen LogP) is 3.56. The van der Waals surface area contributed by atoms with Crippen LogP contribution in [-0.2, 0) is 7.05 Å². The molecule has 0 unspecified atom stereocenters. The first-order valence-electron chi connectivity index (χ1n) is 9.34. The van der Waals surface area contributed by atoms with E-state index >= 15 is 0 Å². The molecule has 0 aliphatic heterocycles. The standard InChI is InChI=1S/C23H19N5O2/c1-15-6-5-7-19(14-15)27-16(2)21(22(29)26(4)23(27)30)20-12-13-25-28(20)18-10-8-17(24-3)9-11-18/h5-14H,1-2,4H3. The van der Waals surface area contributed by atoms with Gasteiger partial charge in [-0.25, -0.2) is 14.3 Å². The number of hydrogen-bond donors (Lipinski definition) is 0. The Labute approximate surface area is 172 Å². The van der Waals surface area contributed by atoms with E-state index in [1.807, 2.05) is 31.2 Å². The number of rotatable bonds is 3. The fourth-order valence-corrected chi connectivity index (χ4v) is 3.55. The van der Waals surface area contributed by atoms with Gasteiger partial charge < -0.3 is 0 Å². The van der Waals surface area contributed by atoms with Crippen LogP contribution >= 0.6 is 0 Å². The smallest absolute Gasteiger partial charge is 0.268 e. The lowest BCUT2D eigenvalue weighted by Gasteiger charge is -2.17. The number of aryl methyl sites for hydroxylation is 1. The van der Waals surface area contributed by atoms with Crippen molar-refractivity contribution in [1.29, 1.82) is 0 Å². The van der Waals surface area contributed by atoms with Crippen LogP contribution in [0, 0.1) is 20.4 Å². The Morgan fingerprint density at radius 1 is 0.967 bits per heavy atom. The van der Waals surface area contributed by atoms with E-state index in [4.69, 9.17) is 6.57 Å². The summed E-state index contributed by atoms with van der Waals surface area (Å²) in [5.74, 6) is 0. The third-order valence-electron chi connectivity index (χ3n) is 5.08. The van der Waals surface area contributed by atoms with Crippen molar-refractivity contribution >= 4 is 5.69 Å². The van der Waals surface area contributed by atoms with Gasteiger partial charge in [0.25, 0.3) is 5.56 Å². The van der Waals surface area contributed by atoms with Gasteiger partial charge >= 0.3 is 5.69 Å². The second-order valence-corrected chi connectivity index (χ2v) is 7.04. The van der Waals surface area contributed by atoms with E-state index in [0.717, 1.165) is 15.8 Å². The molecule has 0 aliphatic rings. The first-order valence-corrected chi connectivity index (χ1v) is 9.34. The first kappa shape index (κ1) is 19.2. The maximum Gasteiger partial charge on any atom is 0.335 e. The van der Waals surface area contributed by atoms with Gasteiger partial charge in [-0.2, -0.15) is 5.10 Å². The quantitative estimate of drug-likeness (QED) is 0.497. The normalized spacial score (nSPS) is 10.7. The lowest BCUT2D eigenvalue weighted by atomic mass is 10.1. The van der Waals surface area contributed by atoms with Crippen molar-refractivity contribution in [3.63, 3.8) is 0 Å². The molecule has 0 spiro atoms. The van der Waals surface area contributed by atoms with Gasteiger partial charge in [-0.05, 0) is 49.7 Å². The molecular weight excluding hydrogens is 378 g/mol. The highest BCUT2D eigenvalue weighted by molar-refractivity contribution is 5.65. The van der Waals surface area contributed by atoms with Gasteiger partial charge in [-0.15, -0.1) is 0 Å². The highest BCUT2D eigenvalue weighted by Crippen LogP contribution is 2.24. The summed E-state index contributed by atoms with van der Waals surface area (Å²) in [5.41, 5.74) is 3.66. The minimum Gasteiger partial charge on any atom is -0.268 e. The molecule has 0 radical (unpaired) electrons. The third kappa shape index (κ3) is 3.05. The number of aromatic nitrogens is 4. The van der Waals surface area contributed by atoms with E-state index in [9.17, 15) is 9.59 Å². The van der Waals surface area contributed by atoms with Crippen molar-refractivity contribution in [2.45, 2.75) is 13.8 Å². The molecule has 0 atom stereocenters. The van der Waals surface area contributed by atoms with Crippen LogP contribution in [0.1, 0.15) is 11.3 Å². The second-order valence-electron chi connectivity index (χ2n) is 7.04. The van der Waals surface area contributed by atoms with Gasteiger partial charge in [0.05, 0.1) is 35.4 Å². The Morgan fingerprint density at radius 2 is 1.70 bits per heavy atom. The summed E-state index contributed by atoms with van der Waals surface area (Å²) >= 11 is 0. The van der Waals surface area contributed by atoms with Crippen molar-refractivity contribution in [3.8, 4) is 22.6 Å². The highest BCUT2D eigenvalue weighted by Gasteiger charge is 2.20. The molecule has 2 heterocycles. The van der Waals surface area contributed by atoms with Gasteiger partial charge in [0.1, 0.15) is 0 Å². The largest absolute Gasteiger partial charge is 0.335 e. The summed E-state index contributed by atoms with van der Waals surface area (Å²) < 4.78 is 4.30. The molecule has 148 valence electrons. The van der Waals surface area contributed by atoms with E-state index in [1.54, 1.807) is 52.7 Å². The van der Waals surface area contributed by atoms with Gasteiger partial charge in [-0.1, -0.05) is 24.3 Å². The lowest BCUT2D eigenvalue weighted by Crippen LogP contribution is -2.40. The average molecular weight is 397 g/mol. The van der Waals surface area contributed by atoms with E-state index in [-0.39, 0.29) is 5.56 Å². The summed E-state index contributed by atoms with van der Waals surface area (Å²) in [7, 11) is 1.48. The second kappa shape index (κ2) is 7.33. The molecule has 0 fully saturated rings. The zero-order chi connectivity index (χ0) is 21.4. The van der Waals surface area contributed by atoms with Gasteiger partial charge in [0.15, 0.2) is 5.69 Å². The molecular formula is C23H19N5O2. The first-order chi connectivity index (χ1) is 14.4. The van der Waals surface area contributed by atoms with Gasteiger partial charge in [0.2, 0.25) is 0 Å². The molecule has 0 aliphatic carbocycles. The van der Waals surface area contributed by atoms with E-state index < -0.39 is 5.69 Å². The maximum atomic E-state index is 13.1. The molecule has 2 aromatic carbocycles. The van der Waals surface area contributed by atoms with Crippen molar-refractivity contribution in [2.24, 2.45) is 7.05 Å². The van der Waals surface area contributed by atoms with Crippen LogP contribution in [0.25, 0.3) is 27.5 Å². The van der Waals surface area contributed by atoms with Crippen LogP contribution < -0.4 is 11.2 Å². The molecule has 7 heteroatoms. The average Bonchev–Trinajstić information content (AvgIpc) is 3.22. The summed E-state index contributed by atoms with van der Waals surface area (Å²) in [4.78, 5) is 29.5. The van der Waals surface area contributed by atoms with Crippen LogP contribution in [-0.4, -0.2) is 18.9 Å². The van der Waals surface area contributed by atoms with Crippen LogP contribution in [0.5, 0.6) is 0 Å². The summed E-state index contributed by atoms with van der Waals surface area (Å²) in [6.07, 6.45) is 1.61. The lowest BCUT2D eigenvalue weighted by molar-refractivity contribution is 0.713. The molecule has 0 saturated carbocycles. The van der Waals surface area contributed by atoms with Gasteiger partial charge in [-0.3, -0.25) is 13.9 Å². The minimum absolute atomic E-state index is 0.388. The van der Waals surface area contributed by atoms with Crippen LogP contribution in [0.4, 0.5) is 5.69 Å². The van der Waals surface area contributed by atoms with Gasteiger partial charge in [0, 0.05) is 12.7 Å². The minimum atomic E-state index is -0.403. The van der Waals surface area contributed by atoms with E-state index in [0.29, 0.717) is 28.3 Å². The number of benzene rings is 2. The van der Waals surface area contributed by atoms with Crippen LogP contribution in [0.3, 0.4) is 0 Å². The zero-order valence-electron chi connectivity index (χ0n) is 16.8. The molecule has 0 amide bonds. The summed E-state index contributed by atoms with van der Waals surface area (Å²) in [6.45, 7) is 10.8. The fraction of sp³-hybridized carbons (Fsp3) is 0.130. The van der Waals surface area contributed by atoms with E-state index in [1.165, 1.54) is 7.05 Å². The van der Waals surface area contributed by atoms with E-state index in [2.05, 4.69) is 9.94 Å². The van der Waals surface area contributed by atoms with Crippen molar-refractivity contribution in [1.82, 2.24) is 18.9 Å². The number of nitrogens with zero attached hydrogens (tertiary/aromatic N) is 5. The summed E-state index contributed by atoms with van der Waals surface area (Å²) in [5, 5.41) is 4.37. The predicted molar refractivity (Wildman–Crippen MR) is 116 cm³/mol. The maximum absolute atomic E-state index is 13.1. The third-order valence-corrected chi connectivity index (χ3v) is 5.08. The summed E-state index contributed by atoms with van der Waals surface area (Å²) in [6, 6.07) is 16.3. The van der Waals surface area contributed by atoms with Crippen molar-refractivity contribution in [2.75, 3.05) is 0 Å². The molecule has 0 N–H and O–H groups in total. The Balaban J connectivity index is 2.00. The fourth-order valence-electron chi connectivity index (χ4n) is 3.55. The monoisotopic (exact) mass is 397 g/mol. The molecule has 7 nitrogen and oxygen atoms in total. The zero-order valence-corrected chi connectivity index (χ0v) is 16.8.